The second-order valence-electron chi connectivity index (χ2n) is 14.5. The lowest BCUT2D eigenvalue weighted by Crippen LogP contribution is -2.17. The Balaban J connectivity index is 1.55. The topological polar surface area (TPSA) is 63.8 Å². The Kier molecular flexibility index (Phi) is 7.71. The summed E-state index contributed by atoms with van der Waals surface area (Å²) in [6, 6.07) is 41.7. The third-order valence-corrected chi connectivity index (χ3v) is 8.94. The van der Waals surface area contributed by atoms with Crippen LogP contribution in [0.25, 0.3) is 61.6 Å². The molecule has 0 radical (unpaired) electrons. The molecule has 5 nitrogen and oxygen atoms in total. The molecule has 7 aromatic rings. The summed E-state index contributed by atoms with van der Waals surface area (Å²) in [5.41, 5.74) is 11.1. The van der Waals surface area contributed by atoms with Crippen LogP contribution in [0, 0.1) is 0 Å². The molecule has 238 valence electrons. The van der Waals surface area contributed by atoms with Crippen molar-refractivity contribution in [2.24, 2.45) is 0 Å². The number of para-hydroxylation sites is 2. The first kappa shape index (κ1) is 31.1. The van der Waals surface area contributed by atoms with Gasteiger partial charge in [-0.2, -0.15) is 10.2 Å². The molecular weight excluding hydrogens is 589 g/mol. The molecule has 0 spiro atoms. The van der Waals surface area contributed by atoms with Crippen molar-refractivity contribution in [2.75, 3.05) is 0 Å². The average Bonchev–Trinajstić information content (AvgIpc) is 3.48. The van der Waals surface area contributed by atoms with Crippen molar-refractivity contribution in [3.05, 3.63) is 139 Å². The van der Waals surface area contributed by atoms with Crippen LogP contribution in [0.4, 0.5) is 0 Å². The normalized spacial score (nSPS) is 12.0. The summed E-state index contributed by atoms with van der Waals surface area (Å²) in [7, 11) is 0. The van der Waals surface area contributed by atoms with Crippen LogP contribution in [-0.2, 0) is 10.8 Å². The zero-order chi connectivity index (χ0) is 33.6. The van der Waals surface area contributed by atoms with Gasteiger partial charge in [-0.3, -0.25) is 4.57 Å². The molecule has 2 aromatic heterocycles. The number of benzene rings is 5. The predicted molar refractivity (Wildman–Crippen MR) is 197 cm³/mol. The van der Waals surface area contributed by atoms with E-state index in [9.17, 15) is 5.11 Å². The Morgan fingerprint density at radius 3 is 1.94 bits per heavy atom. The van der Waals surface area contributed by atoms with Crippen molar-refractivity contribution >= 4 is 11.0 Å². The molecule has 0 aliphatic heterocycles. The van der Waals surface area contributed by atoms with E-state index in [1.807, 2.05) is 36.4 Å². The number of hydrogen-bond acceptors (Lipinski definition) is 4. The molecule has 0 aliphatic rings. The van der Waals surface area contributed by atoms with E-state index in [0.29, 0.717) is 5.82 Å². The number of phenolic OH excluding ortho intramolecular Hbond substituents is 1. The maximum Gasteiger partial charge on any atom is 0.149 e. The van der Waals surface area contributed by atoms with Crippen molar-refractivity contribution in [1.29, 1.82) is 0 Å². The van der Waals surface area contributed by atoms with E-state index >= 15 is 0 Å². The van der Waals surface area contributed by atoms with Crippen molar-refractivity contribution in [3.63, 3.8) is 0 Å². The highest BCUT2D eigenvalue weighted by molar-refractivity contribution is 5.97. The Bertz CT molecular complexity index is 2180. The van der Waals surface area contributed by atoms with Crippen molar-refractivity contribution in [2.45, 2.75) is 52.4 Å². The quantitative estimate of drug-likeness (QED) is 0.206. The van der Waals surface area contributed by atoms with Gasteiger partial charge >= 0.3 is 0 Å². The van der Waals surface area contributed by atoms with Crippen LogP contribution in [0.2, 0.25) is 0 Å². The number of fused-ring (bicyclic) bond motifs is 1. The highest BCUT2D eigenvalue weighted by Crippen LogP contribution is 2.44. The molecule has 0 saturated heterocycles. The molecule has 5 aromatic carbocycles. The zero-order valence-electron chi connectivity index (χ0n) is 28.4. The van der Waals surface area contributed by atoms with Crippen LogP contribution in [0.5, 0.6) is 5.75 Å². The van der Waals surface area contributed by atoms with E-state index in [1.165, 1.54) is 0 Å². The molecular formula is C43H40N4O. The summed E-state index contributed by atoms with van der Waals surface area (Å²) in [4.78, 5) is 5.42. The molecule has 0 amide bonds. The highest BCUT2D eigenvalue weighted by Gasteiger charge is 2.28. The van der Waals surface area contributed by atoms with E-state index in [0.717, 1.165) is 66.9 Å². The molecule has 0 unspecified atom stereocenters. The fraction of sp³-hybridized carbons (Fsp3) is 0.186. The van der Waals surface area contributed by atoms with Gasteiger partial charge in [-0.1, -0.05) is 108 Å². The summed E-state index contributed by atoms with van der Waals surface area (Å²) in [5.74, 6) is 0.965. The number of imidazole rings is 1. The lowest BCUT2D eigenvalue weighted by Gasteiger charge is -2.27. The van der Waals surface area contributed by atoms with Gasteiger partial charge in [0, 0.05) is 28.6 Å². The van der Waals surface area contributed by atoms with Crippen LogP contribution >= 0.6 is 0 Å². The smallest absolute Gasteiger partial charge is 0.149 e. The van der Waals surface area contributed by atoms with E-state index < -0.39 is 0 Å². The number of phenols is 1. The van der Waals surface area contributed by atoms with Crippen LogP contribution < -0.4 is 0 Å². The van der Waals surface area contributed by atoms with Gasteiger partial charge in [0.2, 0.25) is 0 Å². The van der Waals surface area contributed by atoms with E-state index in [2.05, 4.69) is 141 Å². The van der Waals surface area contributed by atoms with Crippen molar-refractivity contribution in [1.82, 2.24) is 19.7 Å². The van der Waals surface area contributed by atoms with Gasteiger partial charge in [-0.05, 0) is 87.7 Å². The molecule has 0 aliphatic carbocycles. The van der Waals surface area contributed by atoms with Crippen LogP contribution in [0.15, 0.2) is 128 Å². The SMILES string of the molecule is CC(C)(C)c1cc(-c2nc3c(-c4cc(-c5ccccc5)cc(-c5cccnn5)c4)cccc3n2-c2ccccc2)c(O)c(C(C)(C)C)c1. The second kappa shape index (κ2) is 11.9. The van der Waals surface area contributed by atoms with Gasteiger partial charge in [-0.15, -0.1) is 0 Å². The summed E-state index contributed by atoms with van der Waals surface area (Å²) in [6.45, 7) is 13.1. The number of nitrogens with zero attached hydrogens (tertiary/aromatic N) is 4. The Labute approximate surface area is 282 Å². The second-order valence-corrected chi connectivity index (χ2v) is 14.5. The Morgan fingerprint density at radius 2 is 1.27 bits per heavy atom. The van der Waals surface area contributed by atoms with Crippen LogP contribution in [0.1, 0.15) is 52.7 Å². The maximum absolute atomic E-state index is 12.0. The fourth-order valence-electron chi connectivity index (χ4n) is 6.34. The largest absolute Gasteiger partial charge is 0.507 e. The zero-order valence-corrected chi connectivity index (χ0v) is 28.4. The lowest BCUT2D eigenvalue weighted by molar-refractivity contribution is 0.446. The standard InChI is InChI=1S/C43H40N4O/c1-42(2,3)32-26-35(40(48)36(27-32)43(4,5)6)41-45-39-34(19-13-21-38(39)47(41)33-17-11-8-12-18-33)30-23-29(28-15-9-7-10-16-28)24-31(25-30)37-20-14-22-44-46-37/h7-27,48H,1-6H3. The molecule has 0 bridgehead atoms. The molecule has 2 heterocycles. The van der Waals surface area contributed by atoms with Gasteiger partial charge in [0.15, 0.2) is 0 Å². The number of aromatic hydroxyl groups is 1. The fourth-order valence-corrected chi connectivity index (χ4v) is 6.34. The molecule has 7 rings (SSSR count). The highest BCUT2D eigenvalue weighted by atomic mass is 16.3. The number of rotatable bonds is 5. The molecule has 0 atom stereocenters. The van der Waals surface area contributed by atoms with Gasteiger partial charge in [0.1, 0.15) is 11.6 Å². The summed E-state index contributed by atoms with van der Waals surface area (Å²) >= 11 is 0. The van der Waals surface area contributed by atoms with Crippen LogP contribution in [0.3, 0.4) is 0 Å². The minimum Gasteiger partial charge on any atom is -0.507 e. The average molecular weight is 629 g/mol. The molecule has 1 N–H and O–H groups in total. The van der Waals surface area contributed by atoms with Crippen LogP contribution in [-0.4, -0.2) is 24.9 Å². The maximum atomic E-state index is 12.0. The Morgan fingerprint density at radius 1 is 0.583 bits per heavy atom. The lowest BCUT2D eigenvalue weighted by atomic mass is 9.79. The van der Waals surface area contributed by atoms with Gasteiger partial charge in [0.25, 0.3) is 0 Å². The van der Waals surface area contributed by atoms with Gasteiger partial charge in [-0.25, -0.2) is 4.98 Å². The monoisotopic (exact) mass is 628 g/mol. The number of aromatic nitrogens is 4. The molecule has 0 fully saturated rings. The summed E-state index contributed by atoms with van der Waals surface area (Å²) in [5, 5.41) is 20.6. The Hall–Kier alpha value is -5.55. The van der Waals surface area contributed by atoms with Crippen molar-refractivity contribution in [3.8, 4) is 56.3 Å². The first-order chi connectivity index (χ1) is 23.0. The van der Waals surface area contributed by atoms with E-state index in [4.69, 9.17) is 4.98 Å². The minimum atomic E-state index is -0.274. The van der Waals surface area contributed by atoms with Crippen molar-refractivity contribution < 1.29 is 5.11 Å². The first-order valence-corrected chi connectivity index (χ1v) is 16.4. The first-order valence-electron chi connectivity index (χ1n) is 16.4. The van der Waals surface area contributed by atoms with E-state index in [-0.39, 0.29) is 16.6 Å². The number of hydrogen-bond donors (Lipinski definition) is 1. The predicted octanol–water partition coefficient (Wildman–Crippen LogP) is 10.8. The van der Waals surface area contributed by atoms with E-state index in [1.54, 1.807) is 6.20 Å². The minimum absolute atomic E-state index is 0.133. The molecule has 5 heteroatoms. The third-order valence-electron chi connectivity index (χ3n) is 8.94. The van der Waals surface area contributed by atoms with Gasteiger partial charge in [0.05, 0.1) is 22.3 Å². The summed E-state index contributed by atoms with van der Waals surface area (Å²) in [6.07, 6.45) is 1.69. The van der Waals surface area contributed by atoms with Gasteiger partial charge < -0.3 is 5.11 Å². The third kappa shape index (κ3) is 5.77. The summed E-state index contributed by atoms with van der Waals surface area (Å²) < 4.78 is 2.18. The molecule has 0 saturated carbocycles. The molecule has 48 heavy (non-hydrogen) atoms.